The van der Waals surface area contributed by atoms with Gasteiger partial charge in [-0.1, -0.05) is 18.2 Å². The number of para-hydroxylation sites is 1. The van der Waals surface area contributed by atoms with Crippen LogP contribution in [-0.4, -0.2) is 13.0 Å². The monoisotopic (exact) mass is 415 g/mol. The van der Waals surface area contributed by atoms with E-state index in [-0.39, 0.29) is 5.91 Å². The highest BCUT2D eigenvalue weighted by atomic mass is 127. The molecule has 0 atom stereocenters. The third-order valence-corrected chi connectivity index (χ3v) is 3.97. The van der Waals surface area contributed by atoms with Crippen LogP contribution >= 0.6 is 38.5 Å². The highest BCUT2D eigenvalue weighted by molar-refractivity contribution is 14.1. The first-order valence-corrected chi connectivity index (χ1v) is 7.25. The van der Waals surface area contributed by atoms with E-state index in [1.54, 1.807) is 11.9 Å². The molecule has 92 valence electrons. The topological polar surface area (TPSA) is 20.3 Å². The van der Waals surface area contributed by atoms with Crippen molar-refractivity contribution in [1.82, 2.24) is 0 Å². The molecule has 0 radical (unpaired) electrons. The lowest BCUT2D eigenvalue weighted by molar-refractivity contribution is 0.0992. The van der Waals surface area contributed by atoms with Gasteiger partial charge < -0.3 is 4.90 Å². The number of carbonyl (C=O) groups is 1. The van der Waals surface area contributed by atoms with Crippen molar-refractivity contribution in [1.29, 1.82) is 0 Å². The van der Waals surface area contributed by atoms with Crippen LogP contribution in [0.4, 0.5) is 5.69 Å². The van der Waals surface area contributed by atoms with Crippen molar-refractivity contribution in [3.8, 4) is 0 Å². The summed E-state index contributed by atoms with van der Waals surface area (Å²) in [4.78, 5) is 14.1. The van der Waals surface area contributed by atoms with Crippen LogP contribution in [0.3, 0.4) is 0 Å². The number of halogens is 2. The third kappa shape index (κ3) is 2.92. The number of hydrogen-bond donors (Lipinski definition) is 0. The smallest absolute Gasteiger partial charge is 0.259 e. The van der Waals surface area contributed by atoms with Gasteiger partial charge in [0.1, 0.15) is 0 Å². The number of anilines is 1. The highest BCUT2D eigenvalue weighted by Crippen LogP contribution is 2.23. The number of rotatable bonds is 2. The van der Waals surface area contributed by atoms with Crippen LogP contribution in [0.5, 0.6) is 0 Å². The van der Waals surface area contributed by atoms with Gasteiger partial charge in [-0.3, -0.25) is 4.79 Å². The number of benzene rings is 2. The minimum absolute atomic E-state index is 0.0217. The largest absolute Gasteiger partial charge is 0.311 e. The molecule has 0 unspecified atom stereocenters. The van der Waals surface area contributed by atoms with E-state index >= 15 is 0 Å². The van der Waals surface area contributed by atoms with Crippen molar-refractivity contribution in [3.05, 3.63) is 62.1 Å². The third-order valence-electron chi connectivity index (χ3n) is 2.61. The number of amides is 1. The lowest BCUT2D eigenvalue weighted by Gasteiger charge is -2.18. The van der Waals surface area contributed by atoms with Gasteiger partial charge in [-0.25, -0.2) is 0 Å². The molecular formula is C14H11BrINO. The zero-order valence-corrected chi connectivity index (χ0v) is 13.5. The van der Waals surface area contributed by atoms with Crippen molar-refractivity contribution in [2.24, 2.45) is 0 Å². The summed E-state index contributed by atoms with van der Waals surface area (Å²) in [5.41, 5.74) is 1.56. The van der Waals surface area contributed by atoms with Crippen LogP contribution in [-0.2, 0) is 0 Å². The molecule has 0 spiro atoms. The number of nitrogens with zero attached hydrogens (tertiary/aromatic N) is 1. The van der Waals surface area contributed by atoms with Crippen molar-refractivity contribution in [2.75, 3.05) is 11.9 Å². The van der Waals surface area contributed by atoms with Gasteiger partial charge in [-0.2, -0.15) is 0 Å². The minimum Gasteiger partial charge on any atom is -0.311 e. The molecule has 0 heterocycles. The fraction of sp³-hybridized carbons (Fsp3) is 0.0714. The van der Waals surface area contributed by atoms with Crippen LogP contribution in [0, 0.1) is 3.57 Å². The summed E-state index contributed by atoms with van der Waals surface area (Å²) in [7, 11) is 1.78. The predicted octanol–water partition coefficient (Wildman–Crippen LogP) is 4.33. The Labute approximate surface area is 128 Å². The molecular weight excluding hydrogens is 405 g/mol. The van der Waals surface area contributed by atoms with Crippen molar-refractivity contribution >= 4 is 50.1 Å². The SMILES string of the molecule is CN(C(=O)c1cc(I)ccc1Br)c1ccccc1. The van der Waals surface area contributed by atoms with Crippen molar-refractivity contribution in [3.63, 3.8) is 0 Å². The Morgan fingerprint density at radius 1 is 1.17 bits per heavy atom. The van der Waals surface area contributed by atoms with Gasteiger partial charge >= 0.3 is 0 Å². The Hall–Kier alpha value is -0.880. The predicted molar refractivity (Wildman–Crippen MR) is 86.0 cm³/mol. The summed E-state index contributed by atoms with van der Waals surface area (Å²) in [6.07, 6.45) is 0. The maximum atomic E-state index is 12.4. The maximum absolute atomic E-state index is 12.4. The molecule has 0 aliphatic rings. The maximum Gasteiger partial charge on any atom is 0.259 e. The number of hydrogen-bond acceptors (Lipinski definition) is 1. The van der Waals surface area contributed by atoms with Gasteiger partial charge in [-0.05, 0) is 68.9 Å². The molecule has 18 heavy (non-hydrogen) atoms. The van der Waals surface area contributed by atoms with Crippen LogP contribution < -0.4 is 4.90 Å². The van der Waals surface area contributed by atoms with Gasteiger partial charge in [0.15, 0.2) is 0 Å². The second-order valence-corrected chi connectivity index (χ2v) is 5.92. The first kappa shape index (κ1) is 13.5. The first-order valence-electron chi connectivity index (χ1n) is 5.38. The molecule has 4 heteroatoms. The van der Waals surface area contributed by atoms with E-state index in [9.17, 15) is 4.79 Å². The highest BCUT2D eigenvalue weighted by Gasteiger charge is 2.16. The molecule has 2 aromatic rings. The van der Waals surface area contributed by atoms with E-state index in [0.29, 0.717) is 5.56 Å². The van der Waals surface area contributed by atoms with E-state index in [2.05, 4.69) is 38.5 Å². The molecule has 1 amide bonds. The Morgan fingerprint density at radius 2 is 1.83 bits per heavy atom. The van der Waals surface area contributed by atoms with Gasteiger partial charge in [0, 0.05) is 20.8 Å². The van der Waals surface area contributed by atoms with E-state index < -0.39 is 0 Å². The van der Waals surface area contributed by atoms with Gasteiger partial charge in [0.2, 0.25) is 0 Å². The van der Waals surface area contributed by atoms with Crippen LogP contribution in [0.1, 0.15) is 10.4 Å². The summed E-state index contributed by atoms with van der Waals surface area (Å²) < 4.78 is 1.86. The fourth-order valence-electron chi connectivity index (χ4n) is 1.61. The van der Waals surface area contributed by atoms with Crippen molar-refractivity contribution < 1.29 is 4.79 Å². The zero-order valence-electron chi connectivity index (χ0n) is 9.73. The second-order valence-electron chi connectivity index (χ2n) is 3.82. The summed E-state index contributed by atoms with van der Waals surface area (Å²) in [6.45, 7) is 0. The summed E-state index contributed by atoms with van der Waals surface area (Å²) in [5, 5.41) is 0. The molecule has 0 saturated heterocycles. The molecule has 2 aromatic carbocycles. The molecule has 0 aliphatic carbocycles. The Kier molecular flexibility index (Phi) is 4.40. The van der Waals surface area contributed by atoms with Gasteiger partial charge in [0.25, 0.3) is 5.91 Å². The van der Waals surface area contributed by atoms with Crippen LogP contribution in [0.15, 0.2) is 53.0 Å². The van der Waals surface area contributed by atoms with E-state index in [1.807, 2.05) is 48.5 Å². The summed E-state index contributed by atoms with van der Waals surface area (Å²) in [6, 6.07) is 15.3. The fourth-order valence-corrected chi connectivity index (χ4v) is 2.52. The lowest BCUT2D eigenvalue weighted by atomic mass is 10.2. The molecule has 2 rings (SSSR count). The second kappa shape index (κ2) is 5.84. The Bertz CT molecular complexity index is 571. The molecule has 0 saturated carbocycles. The average Bonchev–Trinajstić information content (AvgIpc) is 2.41. The molecule has 0 fully saturated rings. The van der Waals surface area contributed by atoms with Gasteiger partial charge in [0.05, 0.1) is 5.56 Å². The Morgan fingerprint density at radius 3 is 2.50 bits per heavy atom. The molecule has 0 N–H and O–H groups in total. The quantitative estimate of drug-likeness (QED) is 0.668. The normalized spacial score (nSPS) is 10.2. The average molecular weight is 416 g/mol. The van der Waals surface area contributed by atoms with E-state index in [1.165, 1.54) is 0 Å². The zero-order chi connectivity index (χ0) is 13.1. The minimum atomic E-state index is -0.0217. The molecule has 2 nitrogen and oxygen atoms in total. The summed E-state index contributed by atoms with van der Waals surface area (Å²) >= 11 is 5.62. The van der Waals surface area contributed by atoms with E-state index in [0.717, 1.165) is 13.7 Å². The van der Waals surface area contributed by atoms with E-state index in [4.69, 9.17) is 0 Å². The molecule has 0 aromatic heterocycles. The molecule has 0 bridgehead atoms. The van der Waals surface area contributed by atoms with Crippen LogP contribution in [0.2, 0.25) is 0 Å². The summed E-state index contributed by atoms with van der Waals surface area (Å²) in [5.74, 6) is -0.0217. The van der Waals surface area contributed by atoms with Crippen LogP contribution in [0.25, 0.3) is 0 Å². The standard InChI is InChI=1S/C14H11BrINO/c1-17(11-5-3-2-4-6-11)14(18)12-9-10(16)7-8-13(12)15/h2-9H,1H3. The Balaban J connectivity index is 2.34. The van der Waals surface area contributed by atoms with Crippen molar-refractivity contribution in [2.45, 2.75) is 0 Å². The molecule has 0 aliphatic heterocycles. The number of carbonyl (C=O) groups excluding carboxylic acids is 1. The first-order chi connectivity index (χ1) is 8.59. The lowest BCUT2D eigenvalue weighted by Crippen LogP contribution is -2.26. The van der Waals surface area contributed by atoms with Gasteiger partial charge in [-0.15, -0.1) is 0 Å².